The van der Waals surface area contributed by atoms with E-state index in [-0.39, 0.29) is 0 Å². The fourth-order valence-electron chi connectivity index (χ4n) is 5.13. The van der Waals surface area contributed by atoms with Gasteiger partial charge in [-0.15, -0.1) is 11.3 Å². The summed E-state index contributed by atoms with van der Waals surface area (Å²) in [7, 11) is 0. The number of benzene rings is 6. The Labute approximate surface area is 214 Å². The molecule has 7 aromatic rings. The average Bonchev–Trinajstić information content (AvgIpc) is 3.34. The number of thiophene rings is 1. The predicted octanol–water partition coefficient (Wildman–Crippen LogP) is 10.3. The van der Waals surface area contributed by atoms with Crippen LogP contribution in [0, 0.1) is 0 Å². The van der Waals surface area contributed by atoms with E-state index in [2.05, 4.69) is 144 Å². The minimum atomic E-state index is 1.14. The summed E-state index contributed by atoms with van der Waals surface area (Å²) in [5.74, 6) is 0. The quantitative estimate of drug-likeness (QED) is 0.244. The molecule has 36 heavy (non-hydrogen) atoms. The van der Waals surface area contributed by atoms with Crippen LogP contribution in [0.15, 0.2) is 140 Å². The summed E-state index contributed by atoms with van der Waals surface area (Å²) in [5, 5.41) is 5.32. The van der Waals surface area contributed by atoms with E-state index < -0.39 is 0 Å². The predicted molar refractivity (Wildman–Crippen MR) is 157 cm³/mol. The minimum absolute atomic E-state index is 1.14. The molecule has 0 radical (unpaired) electrons. The van der Waals surface area contributed by atoms with Crippen LogP contribution in [0.25, 0.3) is 42.1 Å². The lowest BCUT2D eigenvalue weighted by Gasteiger charge is -2.25. The number of nitrogens with zero attached hydrogens (tertiary/aromatic N) is 1. The minimum Gasteiger partial charge on any atom is -0.311 e. The molecule has 0 atom stereocenters. The Bertz CT molecular complexity index is 1780. The molecule has 6 aromatic carbocycles. The van der Waals surface area contributed by atoms with Gasteiger partial charge in [-0.05, 0) is 76.5 Å². The molecular weight excluding hydrogens is 454 g/mol. The van der Waals surface area contributed by atoms with Crippen LogP contribution >= 0.6 is 11.3 Å². The first-order chi connectivity index (χ1) is 17.8. The van der Waals surface area contributed by atoms with Gasteiger partial charge in [-0.2, -0.15) is 0 Å². The molecule has 0 fully saturated rings. The smallest absolute Gasteiger partial charge is 0.0462 e. The molecule has 170 valence electrons. The third kappa shape index (κ3) is 3.55. The molecule has 0 saturated heterocycles. The van der Waals surface area contributed by atoms with Gasteiger partial charge in [0.1, 0.15) is 0 Å². The van der Waals surface area contributed by atoms with Crippen molar-refractivity contribution in [3.63, 3.8) is 0 Å². The van der Waals surface area contributed by atoms with Crippen LogP contribution in [0.2, 0.25) is 0 Å². The van der Waals surface area contributed by atoms with E-state index in [0.717, 1.165) is 17.1 Å². The summed E-state index contributed by atoms with van der Waals surface area (Å²) < 4.78 is 2.69. The summed E-state index contributed by atoms with van der Waals surface area (Å²) in [4.78, 5) is 2.30. The van der Waals surface area contributed by atoms with Crippen molar-refractivity contribution in [3.05, 3.63) is 140 Å². The summed E-state index contributed by atoms with van der Waals surface area (Å²) in [6.07, 6.45) is 0. The molecule has 1 nitrogen and oxygen atoms in total. The van der Waals surface area contributed by atoms with E-state index in [1.807, 2.05) is 11.3 Å². The van der Waals surface area contributed by atoms with Crippen molar-refractivity contribution in [1.29, 1.82) is 0 Å². The van der Waals surface area contributed by atoms with Gasteiger partial charge in [-0.1, -0.05) is 84.9 Å². The maximum absolute atomic E-state index is 2.36. The lowest BCUT2D eigenvalue weighted by molar-refractivity contribution is 1.28. The van der Waals surface area contributed by atoms with Crippen molar-refractivity contribution in [1.82, 2.24) is 0 Å². The summed E-state index contributed by atoms with van der Waals surface area (Å²) in [5.41, 5.74) is 5.90. The third-order valence-corrected chi connectivity index (χ3v) is 7.98. The number of fused-ring (bicyclic) bond motifs is 5. The van der Waals surface area contributed by atoms with Crippen molar-refractivity contribution < 1.29 is 0 Å². The standard InChI is InChI=1S/C34H23NS/c1-3-9-27(10-4-1)35(28-11-5-2-6-12-28)29-20-17-24(18-21-29)26-16-15-25-19-22-33-34(31(25)23-26)30-13-7-8-14-32(30)36-33/h1-23H. The fourth-order valence-corrected chi connectivity index (χ4v) is 6.25. The number of para-hydroxylation sites is 2. The van der Waals surface area contributed by atoms with Crippen LogP contribution in [-0.2, 0) is 0 Å². The Kier molecular flexibility index (Phi) is 5.04. The van der Waals surface area contributed by atoms with Gasteiger partial charge < -0.3 is 4.90 Å². The second-order valence-electron chi connectivity index (χ2n) is 9.03. The first-order valence-electron chi connectivity index (χ1n) is 12.2. The van der Waals surface area contributed by atoms with Crippen molar-refractivity contribution >= 4 is 59.3 Å². The molecule has 0 N–H and O–H groups in total. The van der Waals surface area contributed by atoms with Crippen molar-refractivity contribution in [2.24, 2.45) is 0 Å². The average molecular weight is 478 g/mol. The fraction of sp³-hybridized carbons (Fsp3) is 0. The Balaban J connectivity index is 1.33. The van der Waals surface area contributed by atoms with Gasteiger partial charge in [0.15, 0.2) is 0 Å². The monoisotopic (exact) mass is 477 g/mol. The van der Waals surface area contributed by atoms with E-state index in [4.69, 9.17) is 0 Å². The molecule has 1 aromatic heterocycles. The van der Waals surface area contributed by atoms with Crippen LogP contribution in [-0.4, -0.2) is 0 Å². The zero-order chi connectivity index (χ0) is 23.9. The number of hydrogen-bond donors (Lipinski definition) is 0. The maximum atomic E-state index is 2.36. The third-order valence-electron chi connectivity index (χ3n) is 6.85. The molecule has 0 aliphatic carbocycles. The van der Waals surface area contributed by atoms with Gasteiger partial charge in [-0.25, -0.2) is 0 Å². The summed E-state index contributed by atoms with van der Waals surface area (Å²) in [6.45, 7) is 0. The highest BCUT2D eigenvalue weighted by Gasteiger charge is 2.13. The molecule has 0 amide bonds. The van der Waals surface area contributed by atoms with Crippen molar-refractivity contribution in [2.45, 2.75) is 0 Å². The van der Waals surface area contributed by atoms with E-state index in [1.54, 1.807) is 0 Å². The second kappa shape index (κ2) is 8.67. The Morgan fingerprint density at radius 1 is 0.417 bits per heavy atom. The molecule has 0 aliphatic rings. The Morgan fingerprint density at radius 2 is 1.00 bits per heavy atom. The topological polar surface area (TPSA) is 3.24 Å². The molecule has 1 heterocycles. The second-order valence-corrected chi connectivity index (χ2v) is 10.1. The van der Waals surface area contributed by atoms with E-state index in [1.165, 1.54) is 42.1 Å². The molecular formula is C34H23NS. The van der Waals surface area contributed by atoms with Crippen LogP contribution in [0.5, 0.6) is 0 Å². The highest BCUT2D eigenvalue weighted by molar-refractivity contribution is 7.26. The maximum Gasteiger partial charge on any atom is 0.0462 e. The molecule has 0 aliphatic heterocycles. The molecule has 0 bridgehead atoms. The van der Waals surface area contributed by atoms with Gasteiger partial charge in [0.2, 0.25) is 0 Å². The first kappa shape index (κ1) is 20.9. The molecule has 0 saturated carbocycles. The highest BCUT2D eigenvalue weighted by atomic mass is 32.1. The van der Waals surface area contributed by atoms with Crippen LogP contribution < -0.4 is 4.90 Å². The molecule has 2 heteroatoms. The van der Waals surface area contributed by atoms with Gasteiger partial charge in [-0.3, -0.25) is 0 Å². The van der Waals surface area contributed by atoms with E-state index in [0.29, 0.717) is 0 Å². The van der Waals surface area contributed by atoms with Crippen molar-refractivity contribution in [3.8, 4) is 11.1 Å². The summed E-state index contributed by atoms with van der Waals surface area (Å²) in [6, 6.07) is 50.1. The van der Waals surface area contributed by atoms with Crippen LogP contribution in [0.1, 0.15) is 0 Å². The zero-order valence-corrected chi connectivity index (χ0v) is 20.5. The van der Waals surface area contributed by atoms with Gasteiger partial charge in [0.25, 0.3) is 0 Å². The molecule has 7 rings (SSSR count). The Morgan fingerprint density at radius 3 is 1.72 bits per heavy atom. The normalized spacial score (nSPS) is 11.3. The van der Waals surface area contributed by atoms with Gasteiger partial charge in [0.05, 0.1) is 0 Å². The lowest BCUT2D eigenvalue weighted by Crippen LogP contribution is -2.09. The van der Waals surface area contributed by atoms with E-state index >= 15 is 0 Å². The Hall–Kier alpha value is -4.40. The number of anilines is 3. The van der Waals surface area contributed by atoms with Gasteiger partial charge >= 0.3 is 0 Å². The summed E-state index contributed by atoms with van der Waals surface area (Å²) >= 11 is 1.87. The zero-order valence-electron chi connectivity index (χ0n) is 19.6. The van der Waals surface area contributed by atoms with Crippen LogP contribution in [0.4, 0.5) is 17.1 Å². The van der Waals surface area contributed by atoms with Gasteiger partial charge in [0, 0.05) is 37.2 Å². The van der Waals surface area contributed by atoms with E-state index in [9.17, 15) is 0 Å². The SMILES string of the molecule is c1ccc(N(c2ccccc2)c2ccc(-c3ccc4ccc5sc6ccccc6c5c4c3)cc2)cc1. The first-order valence-corrected chi connectivity index (χ1v) is 13.0. The molecule has 0 unspecified atom stereocenters. The van der Waals surface area contributed by atoms with Crippen LogP contribution in [0.3, 0.4) is 0 Å². The van der Waals surface area contributed by atoms with Crippen molar-refractivity contribution in [2.75, 3.05) is 4.90 Å². The number of hydrogen-bond acceptors (Lipinski definition) is 2. The lowest BCUT2D eigenvalue weighted by atomic mass is 9.98. The largest absolute Gasteiger partial charge is 0.311 e. The highest BCUT2D eigenvalue weighted by Crippen LogP contribution is 2.40. The number of rotatable bonds is 4. The molecule has 0 spiro atoms.